The van der Waals surface area contributed by atoms with E-state index in [0.29, 0.717) is 25.6 Å². The molecule has 4 aromatic rings. The molecule has 0 bridgehead atoms. The first-order chi connectivity index (χ1) is 18.0. The topological polar surface area (TPSA) is 114 Å². The number of aromatic amines is 1. The number of nitrogens with one attached hydrogen (secondary N) is 1. The van der Waals surface area contributed by atoms with E-state index < -0.39 is 11.6 Å². The summed E-state index contributed by atoms with van der Waals surface area (Å²) in [6, 6.07) is 10.4. The maximum Gasteiger partial charge on any atom is 0.253 e. The summed E-state index contributed by atoms with van der Waals surface area (Å²) in [6.45, 7) is 2.60. The highest BCUT2D eigenvalue weighted by atomic mass is 19.1. The van der Waals surface area contributed by atoms with Gasteiger partial charge in [-0.25, -0.2) is 9.37 Å². The minimum Gasteiger partial charge on any atom is -0.505 e. The number of halogens is 1. The number of aromatic nitrogens is 4. The first-order valence-electron chi connectivity index (χ1n) is 12.3. The molecule has 188 valence electrons. The standard InChI is InChI=1S/C27H26FN7O2/c28-23-13-18(1-2-24(23)36)26(37)33-11-5-20(6-12-33)34-16-27(17-34,7-8-29)35-15-19(14-32-35)21-3-9-30-25-22(21)4-10-31-25/h1-4,9-10,13-15,20,36H,5-7,11-12,16-17H2,(H,30,31). The number of carbonyl (C=O) groups excluding carboxylic acids is 1. The molecule has 0 saturated carbocycles. The maximum atomic E-state index is 13.7. The van der Waals surface area contributed by atoms with Crippen molar-refractivity contribution in [1.29, 1.82) is 5.26 Å². The van der Waals surface area contributed by atoms with Gasteiger partial charge in [0.25, 0.3) is 5.91 Å². The number of pyridine rings is 1. The van der Waals surface area contributed by atoms with E-state index in [2.05, 4.69) is 26.0 Å². The number of phenols is 1. The van der Waals surface area contributed by atoms with Crippen LogP contribution in [0.1, 0.15) is 29.6 Å². The summed E-state index contributed by atoms with van der Waals surface area (Å²) in [5.74, 6) is -1.48. The van der Waals surface area contributed by atoms with Crippen LogP contribution in [0.15, 0.2) is 55.1 Å². The predicted octanol–water partition coefficient (Wildman–Crippen LogP) is 3.50. The molecule has 0 unspecified atom stereocenters. The lowest BCUT2D eigenvalue weighted by molar-refractivity contribution is -0.0412. The van der Waals surface area contributed by atoms with Crippen LogP contribution in [0.25, 0.3) is 22.2 Å². The lowest BCUT2D eigenvalue weighted by atomic mass is 9.83. The van der Waals surface area contributed by atoms with E-state index >= 15 is 0 Å². The van der Waals surface area contributed by atoms with Crippen LogP contribution >= 0.6 is 0 Å². The lowest BCUT2D eigenvalue weighted by Gasteiger charge is -2.53. The number of piperidine rings is 1. The molecule has 6 rings (SSSR count). The first-order valence-corrected chi connectivity index (χ1v) is 12.3. The van der Waals surface area contributed by atoms with Crippen LogP contribution in [-0.2, 0) is 5.54 Å². The summed E-state index contributed by atoms with van der Waals surface area (Å²) in [5, 5.41) is 24.7. The predicted molar refractivity (Wildman–Crippen MR) is 134 cm³/mol. The molecule has 37 heavy (non-hydrogen) atoms. The highest BCUT2D eigenvalue weighted by Crippen LogP contribution is 2.37. The Hall–Kier alpha value is -4.23. The Morgan fingerprint density at radius 3 is 2.81 bits per heavy atom. The Balaban J connectivity index is 1.12. The molecule has 2 N–H and O–H groups in total. The van der Waals surface area contributed by atoms with Gasteiger partial charge in [-0.1, -0.05) is 0 Å². The quantitative estimate of drug-likeness (QED) is 0.435. The van der Waals surface area contributed by atoms with Gasteiger partial charge in [-0.2, -0.15) is 10.4 Å². The number of H-pyrrole nitrogens is 1. The van der Waals surface area contributed by atoms with Crippen molar-refractivity contribution >= 4 is 16.9 Å². The smallest absolute Gasteiger partial charge is 0.253 e. The number of nitrogens with zero attached hydrogens (tertiary/aromatic N) is 6. The number of aromatic hydroxyl groups is 1. The summed E-state index contributed by atoms with van der Waals surface area (Å²) in [6.07, 6.45) is 9.49. The van der Waals surface area contributed by atoms with Crippen LogP contribution in [0.2, 0.25) is 0 Å². The second-order valence-corrected chi connectivity index (χ2v) is 9.93. The SMILES string of the molecule is N#CCC1(n2cc(-c3ccnc4[nH]ccc34)cn2)CN(C2CCN(C(=O)c3ccc(O)c(F)c3)CC2)C1. The zero-order valence-corrected chi connectivity index (χ0v) is 20.1. The molecular formula is C27H26FN7O2. The summed E-state index contributed by atoms with van der Waals surface area (Å²) < 4.78 is 15.6. The molecule has 2 aliphatic rings. The Bertz CT molecular complexity index is 1510. The number of hydrogen-bond donors (Lipinski definition) is 2. The van der Waals surface area contributed by atoms with Crippen LogP contribution < -0.4 is 0 Å². The Morgan fingerprint density at radius 1 is 1.24 bits per heavy atom. The van der Waals surface area contributed by atoms with Crippen molar-refractivity contribution in [2.75, 3.05) is 26.2 Å². The minimum absolute atomic E-state index is 0.225. The van der Waals surface area contributed by atoms with Crippen molar-refractivity contribution in [1.82, 2.24) is 29.5 Å². The number of benzene rings is 1. The summed E-state index contributed by atoms with van der Waals surface area (Å²) in [4.78, 5) is 24.4. The molecule has 9 nitrogen and oxygen atoms in total. The largest absolute Gasteiger partial charge is 0.505 e. The molecule has 2 saturated heterocycles. The van der Waals surface area contributed by atoms with E-state index in [1.165, 1.54) is 12.1 Å². The Labute approximate surface area is 212 Å². The van der Waals surface area contributed by atoms with E-state index in [1.54, 1.807) is 11.1 Å². The number of rotatable bonds is 5. The van der Waals surface area contributed by atoms with Crippen molar-refractivity contribution in [2.24, 2.45) is 0 Å². The van der Waals surface area contributed by atoms with Crippen LogP contribution in [0.4, 0.5) is 4.39 Å². The molecule has 1 aromatic carbocycles. The van der Waals surface area contributed by atoms with Gasteiger partial charge in [0.05, 0.1) is 18.7 Å². The normalized spacial score (nSPS) is 18.0. The van der Waals surface area contributed by atoms with Crippen molar-refractivity contribution in [3.05, 3.63) is 66.5 Å². The van der Waals surface area contributed by atoms with Gasteiger partial charge >= 0.3 is 0 Å². The molecule has 0 radical (unpaired) electrons. The van der Waals surface area contributed by atoms with Crippen molar-refractivity contribution < 1.29 is 14.3 Å². The van der Waals surface area contributed by atoms with Gasteiger partial charge in [0.1, 0.15) is 11.2 Å². The summed E-state index contributed by atoms with van der Waals surface area (Å²) in [5.41, 5.74) is 2.72. The van der Waals surface area contributed by atoms with E-state index in [9.17, 15) is 19.6 Å². The highest BCUT2D eigenvalue weighted by Gasteiger charge is 2.48. The molecule has 1 amide bonds. The molecule has 0 aliphatic carbocycles. The third-order valence-corrected chi connectivity index (χ3v) is 7.71. The number of likely N-dealkylation sites (tertiary alicyclic amines) is 2. The fourth-order valence-electron chi connectivity index (χ4n) is 5.64. The number of carbonyl (C=O) groups is 1. The van der Waals surface area contributed by atoms with Gasteiger partial charge in [0.15, 0.2) is 11.6 Å². The van der Waals surface area contributed by atoms with Crippen molar-refractivity contribution in [2.45, 2.75) is 30.8 Å². The molecule has 0 spiro atoms. The summed E-state index contributed by atoms with van der Waals surface area (Å²) in [7, 11) is 0. The minimum atomic E-state index is -0.793. The second-order valence-electron chi connectivity index (χ2n) is 9.93. The average Bonchev–Trinajstić information content (AvgIpc) is 3.57. The zero-order chi connectivity index (χ0) is 25.6. The van der Waals surface area contributed by atoms with Crippen LogP contribution in [0, 0.1) is 17.1 Å². The van der Waals surface area contributed by atoms with Gasteiger partial charge < -0.3 is 15.0 Å². The van der Waals surface area contributed by atoms with Crippen molar-refractivity contribution in [3.63, 3.8) is 0 Å². The Morgan fingerprint density at radius 2 is 2.05 bits per heavy atom. The fourth-order valence-corrected chi connectivity index (χ4v) is 5.64. The van der Waals surface area contributed by atoms with E-state index in [4.69, 9.17) is 0 Å². The first kappa shape index (κ1) is 23.2. The number of phenolic OH excluding ortho intramolecular Hbond substituents is 1. The molecular weight excluding hydrogens is 473 g/mol. The van der Waals surface area contributed by atoms with E-state index in [-0.39, 0.29) is 17.0 Å². The Kier molecular flexibility index (Phi) is 5.65. The summed E-state index contributed by atoms with van der Waals surface area (Å²) >= 11 is 0. The maximum absolute atomic E-state index is 13.7. The molecule has 0 atom stereocenters. The van der Waals surface area contributed by atoms with Gasteiger partial charge in [-0.05, 0) is 48.7 Å². The third-order valence-electron chi connectivity index (χ3n) is 7.71. The lowest BCUT2D eigenvalue weighted by Crippen LogP contribution is -2.66. The molecule has 5 heterocycles. The number of nitriles is 1. The monoisotopic (exact) mass is 499 g/mol. The number of amides is 1. The molecule has 3 aromatic heterocycles. The van der Waals surface area contributed by atoms with Crippen LogP contribution in [0.3, 0.4) is 0 Å². The number of hydrogen-bond acceptors (Lipinski definition) is 6. The van der Waals surface area contributed by atoms with Crippen LogP contribution in [0.5, 0.6) is 5.75 Å². The van der Waals surface area contributed by atoms with Gasteiger partial charge in [-0.15, -0.1) is 0 Å². The average molecular weight is 500 g/mol. The van der Waals surface area contributed by atoms with E-state index in [0.717, 1.165) is 54.2 Å². The number of fused-ring (bicyclic) bond motifs is 1. The van der Waals surface area contributed by atoms with Gasteiger partial charge in [-0.3, -0.25) is 14.4 Å². The van der Waals surface area contributed by atoms with Crippen LogP contribution in [-0.4, -0.2) is 72.8 Å². The second kappa shape index (κ2) is 9.01. The fraction of sp³-hybridized carbons (Fsp3) is 0.333. The van der Waals surface area contributed by atoms with Crippen molar-refractivity contribution in [3.8, 4) is 22.9 Å². The third kappa shape index (κ3) is 4.01. The molecule has 2 fully saturated rings. The highest BCUT2D eigenvalue weighted by molar-refractivity contribution is 5.94. The van der Waals surface area contributed by atoms with E-state index in [1.807, 2.05) is 35.4 Å². The van der Waals surface area contributed by atoms with Gasteiger partial charge in [0.2, 0.25) is 0 Å². The zero-order valence-electron chi connectivity index (χ0n) is 20.1. The molecule has 2 aliphatic heterocycles. The van der Waals surface area contributed by atoms with Gasteiger partial charge in [0, 0.05) is 67.3 Å². The molecule has 10 heteroatoms.